The summed E-state index contributed by atoms with van der Waals surface area (Å²) in [5.74, 6) is 2.13. The number of ether oxygens (including phenoxy) is 5. The molecule has 0 saturated carbocycles. The molecule has 0 N–H and O–H groups in total. The van der Waals surface area contributed by atoms with Gasteiger partial charge in [0.2, 0.25) is 0 Å². The fraction of sp³-hybridized carbons (Fsp3) is 0.147. The quantitative estimate of drug-likeness (QED) is 0.122. The van der Waals surface area contributed by atoms with Gasteiger partial charge in [0.05, 0.1) is 39.8 Å². The van der Waals surface area contributed by atoms with Gasteiger partial charge in [-0.1, -0.05) is 12.1 Å². The molecule has 1 heterocycles. The average molecular weight is 611 g/mol. The van der Waals surface area contributed by atoms with Crippen molar-refractivity contribution in [2.75, 3.05) is 38.2 Å². The fourth-order valence-corrected chi connectivity index (χ4v) is 5.01. The Morgan fingerprint density at radius 3 is 1.57 bits per heavy atom. The Balaban J connectivity index is 1.45. The zero-order valence-corrected chi connectivity index (χ0v) is 25.4. The Morgan fingerprint density at radius 1 is 0.614 bits per heavy atom. The van der Waals surface area contributed by atoms with Crippen molar-refractivity contribution in [1.29, 1.82) is 0 Å². The van der Waals surface area contributed by atoms with Gasteiger partial charge < -0.3 is 23.7 Å². The molecule has 1 aliphatic heterocycles. The lowest BCUT2D eigenvalue weighted by molar-refractivity contribution is -0.120. The van der Waals surface area contributed by atoms with Crippen LogP contribution < -0.4 is 33.5 Å². The molecule has 5 rings (SSSR count). The lowest BCUT2D eigenvalue weighted by Crippen LogP contribution is -2.56. The minimum absolute atomic E-state index is 0.0317. The highest BCUT2D eigenvalue weighted by Crippen LogP contribution is 2.32. The smallest absolute Gasteiger partial charge is 0.270 e. The molecule has 9 nitrogen and oxygen atoms in total. The molecule has 2 amide bonds. The van der Waals surface area contributed by atoms with Crippen LogP contribution in [0.25, 0.3) is 6.08 Å². The van der Waals surface area contributed by atoms with E-state index in [9.17, 15) is 9.59 Å². The van der Waals surface area contributed by atoms with Crippen molar-refractivity contribution < 1.29 is 33.3 Å². The van der Waals surface area contributed by atoms with Crippen LogP contribution in [0.2, 0.25) is 0 Å². The number of carbonyl (C=O) groups is 2. The number of rotatable bonds is 10. The van der Waals surface area contributed by atoms with Gasteiger partial charge in [-0.25, -0.2) is 0 Å². The molecule has 1 saturated heterocycles. The minimum atomic E-state index is -0.541. The van der Waals surface area contributed by atoms with Crippen LogP contribution in [0.15, 0.2) is 96.6 Å². The number of carbonyl (C=O) groups excluding carboxylic acids is 2. The summed E-state index contributed by atoms with van der Waals surface area (Å²) in [5.41, 5.74) is 2.39. The molecule has 10 heteroatoms. The third kappa shape index (κ3) is 6.20. The van der Waals surface area contributed by atoms with E-state index < -0.39 is 11.8 Å². The lowest BCUT2D eigenvalue weighted by atomic mass is 10.0. The van der Waals surface area contributed by atoms with Crippen LogP contribution in [-0.4, -0.2) is 45.4 Å². The van der Waals surface area contributed by atoms with Crippen LogP contribution in [-0.2, 0) is 16.2 Å². The molecule has 224 valence electrons. The van der Waals surface area contributed by atoms with Crippen LogP contribution >= 0.6 is 12.2 Å². The predicted octanol–water partition coefficient (Wildman–Crippen LogP) is 6.05. The first-order chi connectivity index (χ1) is 21.4. The topological polar surface area (TPSA) is 86.8 Å². The Kier molecular flexibility index (Phi) is 9.11. The van der Waals surface area contributed by atoms with E-state index >= 15 is 0 Å². The highest BCUT2D eigenvalue weighted by atomic mass is 32.1. The Labute approximate surface area is 260 Å². The van der Waals surface area contributed by atoms with E-state index in [-0.39, 0.29) is 17.3 Å². The van der Waals surface area contributed by atoms with E-state index in [0.29, 0.717) is 45.7 Å². The number of amides is 2. The predicted molar refractivity (Wildman–Crippen MR) is 172 cm³/mol. The van der Waals surface area contributed by atoms with Gasteiger partial charge in [-0.15, -0.1) is 0 Å². The summed E-state index contributed by atoms with van der Waals surface area (Å²) in [6.07, 6.45) is 1.55. The van der Waals surface area contributed by atoms with Gasteiger partial charge in [-0.3, -0.25) is 19.4 Å². The van der Waals surface area contributed by atoms with Gasteiger partial charge in [-0.2, -0.15) is 0 Å². The molecule has 1 fully saturated rings. The Bertz CT molecular complexity index is 1630. The summed E-state index contributed by atoms with van der Waals surface area (Å²) >= 11 is 5.71. The highest BCUT2D eigenvalue weighted by molar-refractivity contribution is 7.81. The average Bonchev–Trinajstić information content (AvgIpc) is 3.06. The second-order valence-electron chi connectivity index (χ2n) is 9.55. The first kappa shape index (κ1) is 30.1. The van der Waals surface area contributed by atoms with Crippen molar-refractivity contribution >= 4 is 46.6 Å². The van der Waals surface area contributed by atoms with E-state index in [1.54, 1.807) is 107 Å². The molecule has 4 aromatic carbocycles. The molecule has 0 radical (unpaired) electrons. The van der Waals surface area contributed by atoms with E-state index in [4.69, 9.17) is 35.9 Å². The van der Waals surface area contributed by atoms with Crippen LogP contribution in [0.4, 0.5) is 11.4 Å². The largest absolute Gasteiger partial charge is 0.497 e. The van der Waals surface area contributed by atoms with Crippen molar-refractivity contribution in [3.8, 4) is 28.7 Å². The van der Waals surface area contributed by atoms with Crippen LogP contribution in [0, 0.1) is 0 Å². The summed E-state index contributed by atoms with van der Waals surface area (Å²) in [4.78, 5) is 30.4. The molecule has 1 aliphatic rings. The maximum Gasteiger partial charge on any atom is 0.270 e. The van der Waals surface area contributed by atoms with Gasteiger partial charge in [-0.05, 0) is 103 Å². The summed E-state index contributed by atoms with van der Waals surface area (Å²) in [6, 6.07) is 26.3. The number of anilines is 2. The summed E-state index contributed by atoms with van der Waals surface area (Å²) in [5, 5.41) is 0.0317. The number of hydrogen-bond donors (Lipinski definition) is 0. The van der Waals surface area contributed by atoms with E-state index in [1.807, 2.05) is 18.2 Å². The third-order valence-corrected chi connectivity index (χ3v) is 7.35. The van der Waals surface area contributed by atoms with Gasteiger partial charge in [0.15, 0.2) is 5.11 Å². The van der Waals surface area contributed by atoms with Crippen molar-refractivity contribution in [2.45, 2.75) is 6.61 Å². The standard InChI is InChI=1S/C34H30N2O7S/c1-39-26-13-7-24(8-14-26)35-32(37)30(33(38)36(34(35)44)25-9-15-27(40-2)16-10-25)19-22-5-11-28(12-6-22)43-21-23-20-29(41-3)17-18-31(23)42-4/h5-20H,21H2,1-4H3. The molecule has 0 atom stereocenters. The second-order valence-corrected chi connectivity index (χ2v) is 9.92. The summed E-state index contributed by atoms with van der Waals surface area (Å²) in [7, 11) is 6.31. The number of methoxy groups -OCH3 is 4. The SMILES string of the molecule is COc1ccc(N2C(=O)C(=Cc3ccc(OCc4cc(OC)ccc4OC)cc3)C(=O)N(c3ccc(OC)cc3)C2=S)cc1. The van der Waals surface area contributed by atoms with Crippen molar-refractivity contribution in [3.05, 3.63) is 108 Å². The normalized spacial score (nSPS) is 13.1. The molecule has 0 spiro atoms. The molecule has 4 aromatic rings. The van der Waals surface area contributed by atoms with Gasteiger partial charge in [0, 0.05) is 5.56 Å². The lowest BCUT2D eigenvalue weighted by Gasteiger charge is -2.36. The van der Waals surface area contributed by atoms with Crippen LogP contribution in [0.5, 0.6) is 28.7 Å². The van der Waals surface area contributed by atoms with Gasteiger partial charge in [0.1, 0.15) is 40.9 Å². The van der Waals surface area contributed by atoms with E-state index in [2.05, 4.69) is 0 Å². The first-order valence-electron chi connectivity index (χ1n) is 13.5. The summed E-state index contributed by atoms with van der Waals surface area (Å²) in [6.45, 7) is 0.253. The molecule has 0 aromatic heterocycles. The first-order valence-corrected chi connectivity index (χ1v) is 13.9. The van der Waals surface area contributed by atoms with Crippen molar-refractivity contribution in [3.63, 3.8) is 0 Å². The Morgan fingerprint density at radius 2 is 1.09 bits per heavy atom. The molecular formula is C34H30N2O7S. The van der Waals surface area contributed by atoms with Gasteiger partial charge in [0.25, 0.3) is 11.8 Å². The van der Waals surface area contributed by atoms with Crippen LogP contribution in [0.3, 0.4) is 0 Å². The third-order valence-electron chi connectivity index (χ3n) is 6.98. The molecule has 0 aliphatic carbocycles. The minimum Gasteiger partial charge on any atom is -0.497 e. The second kappa shape index (κ2) is 13.3. The fourth-order valence-electron chi connectivity index (χ4n) is 4.63. The number of hydrogen-bond acceptors (Lipinski definition) is 8. The molecular weight excluding hydrogens is 580 g/mol. The monoisotopic (exact) mass is 610 g/mol. The van der Waals surface area contributed by atoms with Crippen molar-refractivity contribution in [1.82, 2.24) is 0 Å². The molecule has 0 bridgehead atoms. The number of thiocarbonyl (C=S) groups is 1. The van der Waals surface area contributed by atoms with Crippen molar-refractivity contribution in [2.24, 2.45) is 0 Å². The van der Waals surface area contributed by atoms with E-state index in [0.717, 1.165) is 5.56 Å². The Hall–Kier alpha value is -5.35. The maximum absolute atomic E-state index is 13.8. The van der Waals surface area contributed by atoms with E-state index in [1.165, 1.54) is 9.80 Å². The number of nitrogens with zero attached hydrogens (tertiary/aromatic N) is 2. The molecule has 44 heavy (non-hydrogen) atoms. The zero-order chi connectivity index (χ0) is 31.2. The zero-order valence-electron chi connectivity index (χ0n) is 24.6. The highest BCUT2D eigenvalue weighted by Gasteiger charge is 2.41. The summed E-state index contributed by atoms with van der Waals surface area (Å²) < 4.78 is 27.3. The van der Waals surface area contributed by atoms with Crippen LogP contribution in [0.1, 0.15) is 11.1 Å². The number of benzene rings is 4. The molecule has 0 unspecified atom stereocenters. The maximum atomic E-state index is 13.8. The van der Waals surface area contributed by atoms with Gasteiger partial charge >= 0.3 is 0 Å².